The van der Waals surface area contributed by atoms with Crippen LogP contribution < -0.4 is 9.47 Å². The lowest BCUT2D eigenvalue weighted by atomic mass is 9.97. The second kappa shape index (κ2) is 9.16. The van der Waals surface area contributed by atoms with Crippen molar-refractivity contribution in [3.8, 4) is 28.6 Å². The van der Waals surface area contributed by atoms with Gasteiger partial charge in [0.2, 0.25) is 0 Å². The molecule has 1 amide bonds. The molecule has 1 N–H and O–H groups in total. The second-order valence-electron chi connectivity index (χ2n) is 10.8. The minimum atomic E-state index is -0.422. The Labute approximate surface area is 221 Å². The molecule has 4 aromatic rings. The third-order valence-electron chi connectivity index (χ3n) is 7.39. The lowest BCUT2D eigenvalue weighted by molar-refractivity contribution is -0.0373. The monoisotopic (exact) mass is 515 g/mol. The lowest BCUT2D eigenvalue weighted by Gasteiger charge is -2.41. The zero-order valence-corrected chi connectivity index (χ0v) is 22.5. The van der Waals surface area contributed by atoms with E-state index in [1.165, 1.54) is 0 Å². The molecular weight excluding hydrogens is 482 g/mol. The number of aromatic nitrogens is 4. The Bertz CT molecular complexity index is 1530. The quantitative estimate of drug-likeness (QED) is 0.419. The summed E-state index contributed by atoms with van der Waals surface area (Å²) in [5, 5.41) is 8.26. The predicted octanol–water partition coefficient (Wildman–Crippen LogP) is 4.56. The molecule has 6 rings (SSSR count). The maximum absolute atomic E-state index is 14.1. The number of nitrogens with one attached hydrogen (secondary N) is 1. The van der Waals surface area contributed by atoms with Crippen molar-refractivity contribution in [1.29, 1.82) is 0 Å². The summed E-state index contributed by atoms with van der Waals surface area (Å²) in [4.78, 5) is 21.1. The Balaban J connectivity index is 1.59. The van der Waals surface area contributed by atoms with Crippen molar-refractivity contribution in [2.45, 2.75) is 52.2 Å². The highest BCUT2D eigenvalue weighted by Gasteiger charge is 2.38. The third-order valence-corrected chi connectivity index (χ3v) is 7.39. The minimum Gasteiger partial charge on any atom is -0.493 e. The Morgan fingerprint density at radius 2 is 2.03 bits per heavy atom. The molecule has 0 atom stereocenters. The summed E-state index contributed by atoms with van der Waals surface area (Å²) >= 11 is 0. The number of rotatable bonds is 5. The van der Waals surface area contributed by atoms with E-state index in [2.05, 4.69) is 14.8 Å². The van der Waals surface area contributed by atoms with Gasteiger partial charge in [-0.15, -0.1) is 0 Å². The Morgan fingerprint density at radius 3 is 2.79 bits per heavy atom. The summed E-state index contributed by atoms with van der Waals surface area (Å²) in [6.45, 7) is 9.61. The van der Waals surface area contributed by atoms with Gasteiger partial charge in [-0.3, -0.25) is 14.5 Å². The minimum absolute atomic E-state index is 0.0207. The number of fused-ring (bicyclic) bond motifs is 4. The second-order valence-corrected chi connectivity index (χ2v) is 10.8. The van der Waals surface area contributed by atoms with E-state index in [4.69, 9.17) is 19.2 Å². The molecule has 0 bridgehead atoms. The molecule has 2 aromatic heterocycles. The van der Waals surface area contributed by atoms with Crippen LogP contribution in [0, 0.1) is 0 Å². The fourth-order valence-corrected chi connectivity index (χ4v) is 5.58. The molecule has 2 aromatic carbocycles. The largest absolute Gasteiger partial charge is 0.493 e. The van der Waals surface area contributed by atoms with E-state index in [0.29, 0.717) is 49.2 Å². The Kier molecular flexibility index (Phi) is 5.90. The molecule has 0 radical (unpaired) electrons. The number of hydrogen-bond acceptors (Lipinski definition) is 6. The van der Waals surface area contributed by atoms with Crippen LogP contribution >= 0.6 is 0 Å². The first-order valence-corrected chi connectivity index (χ1v) is 13.1. The summed E-state index contributed by atoms with van der Waals surface area (Å²) in [5.41, 5.74) is 4.86. The van der Waals surface area contributed by atoms with E-state index in [9.17, 15) is 4.79 Å². The van der Waals surface area contributed by atoms with E-state index in [1.807, 2.05) is 69.1 Å². The van der Waals surface area contributed by atoms with Gasteiger partial charge in [0, 0.05) is 23.6 Å². The lowest BCUT2D eigenvalue weighted by Crippen LogP contribution is -2.55. The number of amides is 1. The van der Waals surface area contributed by atoms with Crippen molar-refractivity contribution >= 4 is 16.8 Å². The highest BCUT2D eigenvalue weighted by atomic mass is 16.5. The van der Waals surface area contributed by atoms with Gasteiger partial charge in [-0.25, -0.2) is 4.98 Å². The normalized spacial score (nSPS) is 16.4. The molecule has 4 heterocycles. The Hall–Kier alpha value is -3.85. The number of morpholine rings is 1. The van der Waals surface area contributed by atoms with Crippen LogP contribution in [0.25, 0.3) is 28.0 Å². The summed E-state index contributed by atoms with van der Waals surface area (Å²) in [7, 11) is 1.66. The van der Waals surface area contributed by atoms with Crippen molar-refractivity contribution in [2.75, 3.05) is 26.9 Å². The van der Waals surface area contributed by atoms with Crippen molar-refractivity contribution in [3.63, 3.8) is 0 Å². The number of ether oxygens (including phenoxy) is 3. The average Bonchev–Trinajstić information content (AvgIpc) is 3.52. The van der Waals surface area contributed by atoms with Crippen molar-refractivity contribution < 1.29 is 19.0 Å². The molecule has 2 aliphatic rings. The molecule has 1 fully saturated rings. The standard InChI is InChI=1S/C29H33N5O4/c1-17(2)38-25-14-23-18(13-24(25)36-5)9-10-22-26(28(35)33-11-12-37-16-29(33,3)4)31-27(34(22)23)19-7-6-8-21-20(19)15-30-32-21/h6-8,13-15,17H,9-12,16H2,1-5H3,(H,30,32). The molecule has 0 unspecified atom stereocenters. The molecule has 9 nitrogen and oxygen atoms in total. The SMILES string of the molecule is COc1cc2c(cc1OC(C)C)-n1c(-c3cccc4[nH]ncc34)nc(C(=O)N3CCOCC3(C)C)c1CC2. The van der Waals surface area contributed by atoms with Gasteiger partial charge in [0.15, 0.2) is 17.2 Å². The number of carbonyl (C=O) groups is 1. The summed E-state index contributed by atoms with van der Waals surface area (Å²) in [6, 6.07) is 10.1. The van der Waals surface area contributed by atoms with E-state index >= 15 is 0 Å². The van der Waals surface area contributed by atoms with Gasteiger partial charge in [0.1, 0.15) is 5.82 Å². The number of H-pyrrole nitrogens is 1. The third kappa shape index (κ3) is 3.93. The number of imidazole rings is 1. The van der Waals surface area contributed by atoms with Crippen molar-refractivity contribution in [3.05, 3.63) is 53.5 Å². The number of benzene rings is 2. The van der Waals surface area contributed by atoms with Crippen LogP contribution in [0.2, 0.25) is 0 Å². The zero-order valence-electron chi connectivity index (χ0n) is 22.5. The fraction of sp³-hybridized carbons (Fsp3) is 0.414. The molecule has 2 aliphatic heterocycles. The summed E-state index contributed by atoms with van der Waals surface area (Å²) in [6.07, 6.45) is 3.24. The molecule has 0 aliphatic carbocycles. The number of hydrogen-bond donors (Lipinski definition) is 1. The van der Waals surface area contributed by atoms with Crippen LogP contribution in [0.1, 0.15) is 49.4 Å². The van der Waals surface area contributed by atoms with Gasteiger partial charge in [-0.2, -0.15) is 5.10 Å². The molecule has 198 valence electrons. The van der Waals surface area contributed by atoms with Crippen LogP contribution in [0.4, 0.5) is 0 Å². The average molecular weight is 516 g/mol. The van der Waals surface area contributed by atoms with Crippen LogP contribution in [-0.4, -0.2) is 69.1 Å². The summed E-state index contributed by atoms with van der Waals surface area (Å²) in [5.74, 6) is 2.01. The number of nitrogens with zero attached hydrogens (tertiary/aromatic N) is 4. The predicted molar refractivity (Wildman–Crippen MR) is 144 cm³/mol. The van der Waals surface area contributed by atoms with Crippen LogP contribution in [0.5, 0.6) is 11.5 Å². The van der Waals surface area contributed by atoms with Crippen molar-refractivity contribution in [1.82, 2.24) is 24.6 Å². The number of aromatic amines is 1. The first-order valence-electron chi connectivity index (χ1n) is 13.1. The van der Waals surface area contributed by atoms with Crippen LogP contribution in [-0.2, 0) is 17.6 Å². The molecule has 0 saturated carbocycles. The van der Waals surface area contributed by atoms with E-state index < -0.39 is 5.54 Å². The molecule has 9 heteroatoms. The van der Waals surface area contributed by atoms with Crippen LogP contribution in [0.15, 0.2) is 36.5 Å². The fourth-order valence-electron chi connectivity index (χ4n) is 5.58. The van der Waals surface area contributed by atoms with Gasteiger partial charge in [0.25, 0.3) is 5.91 Å². The van der Waals surface area contributed by atoms with Crippen molar-refractivity contribution in [2.24, 2.45) is 0 Å². The molecule has 0 spiro atoms. The number of aryl methyl sites for hydroxylation is 1. The topological polar surface area (TPSA) is 94.5 Å². The van der Waals surface area contributed by atoms with E-state index in [0.717, 1.165) is 39.8 Å². The molecule has 1 saturated heterocycles. The number of carbonyl (C=O) groups excluding carboxylic acids is 1. The summed E-state index contributed by atoms with van der Waals surface area (Å²) < 4.78 is 19.6. The zero-order chi connectivity index (χ0) is 26.6. The number of methoxy groups -OCH3 is 1. The van der Waals surface area contributed by atoms with Crippen LogP contribution in [0.3, 0.4) is 0 Å². The van der Waals surface area contributed by atoms with E-state index in [1.54, 1.807) is 7.11 Å². The van der Waals surface area contributed by atoms with Gasteiger partial charge in [-0.05, 0) is 58.2 Å². The molecule has 38 heavy (non-hydrogen) atoms. The van der Waals surface area contributed by atoms with Gasteiger partial charge in [-0.1, -0.05) is 12.1 Å². The first-order chi connectivity index (χ1) is 18.3. The van der Waals surface area contributed by atoms with Gasteiger partial charge < -0.3 is 19.1 Å². The molecular formula is C29H33N5O4. The smallest absolute Gasteiger partial charge is 0.274 e. The maximum Gasteiger partial charge on any atom is 0.274 e. The maximum atomic E-state index is 14.1. The van der Waals surface area contributed by atoms with Gasteiger partial charge in [0.05, 0.1) is 55.1 Å². The van der Waals surface area contributed by atoms with E-state index in [-0.39, 0.29) is 12.0 Å². The Morgan fingerprint density at radius 1 is 1.18 bits per heavy atom. The highest BCUT2D eigenvalue weighted by molar-refractivity contribution is 5.98. The van der Waals surface area contributed by atoms with Gasteiger partial charge >= 0.3 is 0 Å². The highest BCUT2D eigenvalue weighted by Crippen LogP contribution is 2.41. The first kappa shape index (κ1) is 24.5.